The molecule has 11 aromatic carbocycles. The molecule has 0 bridgehead atoms. The van der Waals surface area contributed by atoms with Crippen molar-refractivity contribution in [1.29, 1.82) is 0 Å². The third-order valence-corrected chi connectivity index (χ3v) is 17.1. The van der Waals surface area contributed by atoms with Crippen molar-refractivity contribution in [3.05, 3.63) is 253 Å². The van der Waals surface area contributed by atoms with Crippen molar-refractivity contribution in [2.75, 3.05) is 0 Å². The van der Waals surface area contributed by atoms with Crippen molar-refractivity contribution in [3.63, 3.8) is 0 Å². The summed E-state index contributed by atoms with van der Waals surface area (Å²) in [6.07, 6.45) is 0. The highest BCUT2D eigenvalue weighted by atomic mass is 16.5. The Kier molecular flexibility index (Phi) is 6.83. The van der Waals surface area contributed by atoms with Crippen molar-refractivity contribution >= 4 is 88.5 Å². The summed E-state index contributed by atoms with van der Waals surface area (Å²) in [6, 6.07) is 86.2. The van der Waals surface area contributed by atoms with E-state index in [9.17, 15) is 0 Å². The molecule has 14 aromatic rings. The van der Waals surface area contributed by atoms with Gasteiger partial charge in [0.1, 0.15) is 11.5 Å². The van der Waals surface area contributed by atoms with Crippen LogP contribution in [-0.2, 0) is 5.41 Å². The van der Waals surface area contributed by atoms with Gasteiger partial charge >= 0.3 is 0 Å². The average molecular weight is 912 g/mol. The Balaban J connectivity index is 1.02. The fourth-order valence-corrected chi connectivity index (χ4v) is 14.5. The average Bonchev–Trinajstić information content (AvgIpc) is 4.22. The summed E-state index contributed by atoms with van der Waals surface area (Å²) in [5, 5.41) is 7.47. The summed E-state index contributed by atoms with van der Waals surface area (Å²) < 4.78 is 15.2. The van der Waals surface area contributed by atoms with Crippen molar-refractivity contribution in [3.8, 4) is 50.8 Å². The summed E-state index contributed by atoms with van der Waals surface area (Å²) in [7, 11) is 0. The number of nitrogens with zero attached hydrogens (tertiary/aromatic N) is 3. The molecule has 4 aliphatic rings. The molecule has 0 amide bonds. The second-order valence-corrected chi connectivity index (χ2v) is 20.2. The number of hydrogen-bond acceptors (Lipinski definition) is 1. The van der Waals surface area contributed by atoms with E-state index in [2.05, 4.69) is 244 Å². The van der Waals surface area contributed by atoms with Gasteiger partial charge in [0, 0.05) is 49.8 Å². The predicted octanol–water partition coefficient (Wildman–Crippen LogP) is 14.3. The molecule has 0 N–H and O–H groups in total. The van der Waals surface area contributed by atoms with E-state index in [1.54, 1.807) is 0 Å². The van der Waals surface area contributed by atoms with Gasteiger partial charge in [-0.3, -0.25) is 0 Å². The number of hydrogen-bond donors (Lipinski definition) is 0. The highest BCUT2D eigenvalue weighted by molar-refractivity contribution is 6.99. The molecule has 3 aromatic heterocycles. The topological polar surface area (TPSA) is 24.0 Å². The van der Waals surface area contributed by atoms with E-state index < -0.39 is 5.41 Å². The lowest BCUT2D eigenvalue weighted by Crippen LogP contribution is -2.58. The zero-order valence-corrected chi connectivity index (χ0v) is 38.8. The molecule has 5 heteroatoms. The number of ether oxygens (including phenoxy) is 1. The zero-order valence-electron chi connectivity index (χ0n) is 38.8. The van der Waals surface area contributed by atoms with Gasteiger partial charge in [0.05, 0.1) is 44.2 Å². The molecule has 2 aliphatic heterocycles. The molecule has 0 atom stereocenters. The molecule has 0 saturated carbocycles. The van der Waals surface area contributed by atoms with E-state index >= 15 is 0 Å². The first-order chi connectivity index (χ1) is 35.8. The van der Waals surface area contributed by atoms with Crippen LogP contribution in [0.5, 0.6) is 11.5 Å². The van der Waals surface area contributed by atoms with Crippen LogP contribution in [0, 0.1) is 0 Å². The number of rotatable bonds is 2. The van der Waals surface area contributed by atoms with Gasteiger partial charge in [-0.25, -0.2) is 0 Å². The number of benzene rings is 11. The van der Waals surface area contributed by atoms with Crippen LogP contribution in [0.1, 0.15) is 22.3 Å². The molecule has 0 unspecified atom stereocenters. The molecule has 5 heterocycles. The monoisotopic (exact) mass is 911 g/mol. The lowest BCUT2D eigenvalue weighted by atomic mass is 9.34. The fourth-order valence-electron chi connectivity index (χ4n) is 14.5. The molecule has 4 nitrogen and oxygen atoms in total. The maximum atomic E-state index is 7.68. The third-order valence-electron chi connectivity index (χ3n) is 17.1. The van der Waals surface area contributed by atoms with Crippen LogP contribution in [0.4, 0.5) is 0 Å². The standard InChI is InChI=1S/C67H38BN3O/c1-2-18-39(19-3-1)70-58-32-16-9-25-46(58)49-37-55-66-63(65(49)70)47-26-10-17-33-59(47)71(66)60-34-40(69-56-30-14-7-23-44(56)45-24-8-15-31-57(45)69)35-62-64(60)68(55)54-36-48-43-22-6-13-29-52(43)67(53(48)38-61(54)72-62)50-27-11-4-20-41(50)42-21-5-12-28-51(42)67/h1-38H. The van der Waals surface area contributed by atoms with Gasteiger partial charge < -0.3 is 18.4 Å². The van der Waals surface area contributed by atoms with Crippen LogP contribution >= 0.6 is 0 Å². The largest absolute Gasteiger partial charge is 0.458 e. The Hall–Kier alpha value is -9.32. The van der Waals surface area contributed by atoms with Crippen molar-refractivity contribution < 1.29 is 4.74 Å². The van der Waals surface area contributed by atoms with Gasteiger partial charge in [0.2, 0.25) is 0 Å². The van der Waals surface area contributed by atoms with Crippen LogP contribution in [0.25, 0.3) is 105 Å². The molecule has 0 saturated heterocycles. The van der Waals surface area contributed by atoms with Gasteiger partial charge in [-0.15, -0.1) is 0 Å². The van der Waals surface area contributed by atoms with Gasteiger partial charge in [0.25, 0.3) is 6.71 Å². The first-order valence-corrected chi connectivity index (χ1v) is 25.1. The smallest absolute Gasteiger partial charge is 0.256 e. The lowest BCUT2D eigenvalue weighted by Gasteiger charge is -2.35. The molecule has 18 rings (SSSR count). The lowest BCUT2D eigenvalue weighted by molar-refractivity contribution is 0.486. The summed E-state index contributed by atoms with van der Waals surface area (Å²) >= 11 is 0. The van der Waals surface area contributed by atoms with Gasteiger partial charge in [-0.2, -0.15) is 0 Å². The van der Waals surface area contributed by atoms with E-state index in [4.69, 9.17) is 4.74 Å². The van der Waals surface area contributed by atoms with Crippen LogP contribution < -0.4 is 21.1 Å². The second-order valence-electron chi connectivity index (χ2n) is 20.2. The van der Waals surface area contributed by atoms with Crippen molar-refractivity contribution in [2.24, 2.45) is 0 Å². The van der Waals surface area contributed by atoms with Gasteiger partial charge in [-0.05, 0) is 109 Å². The number of para-hydroxylation sites is 5. The molecular weight excluding hydrogens is 874 g/mol. The Morgan fingerprint density at radius 1 is 0.333 bits per heavy atom. The predicted molar refractivity (Wildman–Crippen MR) is 297 cm³/mol. The van der Waals surface area contributed by atoms with Gasteiger partial charge in [-0.1, -0.05) is 176 Å². The SMILES string of the molecule is c1ccc(-n2c3ccccc3c3cc4c5c(c6ccccc6n5-c5cc(-n6c7ccccc7c7ccccc76)cc6c5B4c4cc5c(cc4O6)C4(c6ccccc6-c6ccccc64)c4ccccc4-5)c32)cc1. The second kappa shape index (κ2) is 13.1. The minimum absolute atomic E-state index is 0.134. The van der Waals surface area contributed by atoms with Crippen molar-refractivity contribution in [1.82, 2.24) is 13.7 Å². The zero-order chi connectivity index (χ0) is 46.6. The fraction of sp³-hybridized carbons (Fsp3) is 0.0149. The third kappa shape index (κ3) is 4.32. The Bertz CT molecular complexity index is 4700. The summed E-state index contributed by atoms with van der Waals surface area (Å²) in [5.74, 6) is 1.80. The Morgan fingerprint density at radius 2 is 0.847 bits per heavy atom. The molecule has 0 fully saturated rings. The number of aromatic nitrogens is 3. The molecular formula is C67H38BN3O. The molecule has 0 radical (unpaired) electrons. The van der Waals surface area contributed by atoms with E-state index in [1.165, 1.54) is 126 Å². The van der Waals surface area contributed by atoms with E-state index in [0.29, 0.717) is 0 Å². The van der Waals surface area contributed by atoms with Crippen LogP contribution in [0.3, 0.4) is 0 Å². The first kappa shape index (κ1) is 37.6. The van der Waals surface area contributed by atoms with Crippen LogP contribution in [0.2, 0.25) is 0 Å². The summed E-state index contributed by atoms with van der Waals surface area (Å²) in [5.41, 5.74) is 24.2. The number of fused-ring (bicyclic) bond motifs is 24. The summed E-state index contributed by atoms with van der Waals surface area (Å²) in [6.45, 7) is -0.134. The van der Waals surface area contributed by atoms with E-state index in [-0.39, 0.29) is 6.71 Å². The Labute approximate surface area is 413 Å². The van der Waals surface area contributed by atoms with E-state index in [0.717, 1.165) is 28.6 Å². The normalized spacial score (nSPS) is 14.0. The Morgan fingerprint density at radius 3 is 1.49 bits per heavy atom. The van der Waals surface area contributed by atoms with Gasteiger partial charge in [0.15, 0.2) is 0 Å². The molecule has 1 spiro atoms. The highest BCUT2D eigenvalue weighted by Gasteiger charge is 2.53. The minimum atomic E-state index is -0.502. The van der Waals surface area contributed by atoms with Crippen LogP contribution in [0.15, 0.2) is 231 Å². The molecule has 72 heavy (non-hydrogen) atoms. The highest BCUT2D eigenvalue weighted by Crippen LogP contribution is 2.63. The molecule has 2 aliphatic carbocycles. The molecule has 330 valence electrons. The minimum Gasteiger partial charge on any atom is -0.458 e. The maximum absolute atomic E-state index is 7.68. The quantitative estimate of drug-likeness (QED) is 0.159. The van der Waals surface area contributed by atoms with E-state index in [1.807, 2.05) is 0 Å². The first-order valence-electron chi connectivity index (χ1n) is 25.1. The van der Waals surface area contributed by atoms with Crippen LogP contribution in [-0.4, -0.2) is 20.4 Å². The van der Waals surface area contributed by atoms with Crippen molar-refractivity contribution in [2.45, 2.75) is 5.41 Å². The summed E-state index contributed by atoms with van der Waals surface area (Å²) in [4.78, 5) is 0. The maximum Gasteiger partial charge on any atom is 0.256 e.